The monoisotopic (exact) mass is 477 g/mol. The summed E-state index contributed by atoms with van der Waals surface area (Å²) in [5.74, 6) is 1.32. The van der Waals surface area contributed by atoms with Crippen molar-refractivity contribution in [1.82, 2.24) is 9.80 Å². The van der Waals surface area contributed by atoms with Crippen LogP contribution in [0.4, 0.5) is 5.69 Å². The number of amides is 3. The van der Waals surface area contributed by atoms with Gasteiger partial charge in [0, 0.05) is 50.5 Å². The van der Waals surface area contributed by atoms with Crippen LogP contribution < -0.4 is 14.8 Å². The third-order valence-corrected chi connectivity index (χ3v) is 7.40. The van der Waals surface area contributed by atoms with Gasteiger partial charge in [0.25, 0.3) is 5.91 Å². The van der Waals surface area contributed by atoms with Crippen LogP contribution in [0.5, 0.6) is 11.5 Å². The van der Waals surface area contributed by atoms with Crippen molar-refractivity contribution in [2.45, 2.75) is 37.7 Å². The van der Waals surface area contributed by atoms with Gasteiger partial charge in [0.2, 0.25) is 11.8 Å². The average Bonchev–Trinajstić information content (AvgIpc) is 3.03. The van der Waals surface area contributed by atoms with E-state index in [0.29, 0.717) is 74.6 Å². The van der Waals surface area contributed by atoms with Gasteiger partial charge in [-0.1, -0.05) is 18.2 Å². The van der Waals surface area contributed by atoms with Crippen LogP contribution >= 0.6 is 0 Å². The number of rotatable bonds is 3. The zero-order valence-corrected chi connectivity index (χ0v) is 20.0. The minimum absolute atomic E-state index is 0.0289. The number of piperidine rings is 2. The molecule has 2 fully saturated rings. The number of ether oxygens (including phenoxy) is 2. The molecule has 0 aromatic heterocycles. The Bertz CT molecular complexity index is 1120. The first-order valence-corrected chi connectivity index (χ1v) is 12.3. The lowest BCUT2D eigenvalue weighted by Crippen LogP contribution is -2.52. The highest BCUT2D eigenvalue weighted by Gasteiger charge is 2.43. The molecule has 3 aliphatic rings. The van der Waals surface area contributed by atoms with E-state index in [2.05, 4.69) is 5.32 Å². The number of hydrogen-bond donors (Lipinski definition) is 1. The summed E-state index contributed by atoms with van der Waals surface area (Å²) in [6, 6.07) is 14.7. The van der Waals surface area contributed by atoms with Gasteiger partial charge < -0.3 is 24.6 Å². The molecule has 8 nitrogen and oxygen atoms in total. The number of methoxy groups -OCH3 is 1. The number of carbonyl (C=O) groups is 3. The Kier molecular flexibility index (Phi) is 6.36. The highest BCUT2D eigenvalue weighted by atomic mass is 16.5. The molecule has 2 aromatic rings. The summed E-state index contributed by atoms with van der Waals surface area (Å²) in [6.07, 6.45) is 2.83. The van der Waals surface area contributed by atoms with Crippen LogP contribution in [0.15, 0.2) is 48.5 Å². The standard InChI is InChI=1S/C27H31N3O5/c1-34-21-6-4-5-20(17-21)26(33)29-13-9-19(10-14-29)25(32)30-15-11-27(12-16-30)18-24(31)28-22-7-2-3-8-23(22)35-27/h2-8,17,19H,9-16,18H2,1H3,(H,28,31). The van der Waals surface area contributed by atoms with E-state index in [9.17, 15) is 14.4 Å². The smallest absolute Gasteiger partial charge is 0.253 e. The fourth-order valence-electron chi connectivity index (χ4n) is 5.36. The van der Waals surface area contributed by atoms with Gasteiger partial charge in [-0.3, -0.25) is 14.4 Å². The third kappa shape index (κ3) is 4.83. The predicted molar refractivity (Wildman–Crippen MR) is 130 cm³/mol. The maximum Gasteiger partial charge on any atom is 0.253 e. The molecule has 3 heterocycles. The molecule has 1 spiro atoms. The van der Waals surface area contributed by atoms with Crippen molar-refractivity contribution >= 4 is 23.4 Å². The van der Waals surface area contributed by atoms with Gasteiger partial charge in [0.05, 0.1) is 19.2 Å². The molecule has 0 atom stereocenters. The molecule has 0 aliphatic carbocycles. The summed E-state index contributed by atoms with van der Waals surface area (Å²) < 4.78 is 11.6. The third-order valence-electron chi connectivity index (χ3n) is 7.40. The molecule has 8 heteroatoms. The quantitative estimate of drug-likeness (QED) is 0.733. The Morgan fingerprint density at radius 2 is 1.74 bits per heavy atom. The lowest BCUT2D eigenvalue weighted by molar-refractivity contribution is -0.141. The molecule has 0 bridgehead atoms. The van der Waals surface area contributed by atoms with Crippen LogP contribution in [0.1, 0.15) is 42.5 Å². The first-order valence-electron chi connectivity index (χ1n) is 12.3. The van der Waals surface area contributed by atoms with Crippen molar-refractivity contribution in [1.29, 1.82) is 0 Å². The summed E-state index contributed by atoms with van der Waals surface area (Å²) in [6.45, 7) is 2.25. The van der Waals surface area contributed by atoms with Crippen LogP contribution in [0.3, 0.4) is 0 Å². The molecule has 0 unspecified atom stereocenters. The van der Waals surface area contributed by atoms with E-state index < -0.39 is 5.60 Å². The van der Waals surface area contributed by atoms with Crippen molar-refractivity contribution in [3.8, 4) is 11.5 Å². The van der Waals surface area contributed by atoms with Crippen LogP contribution in [0.25, 0.3) is 0 Å². The Hall–Kier alpha value is -3.55. The van der Waals surface area contributed by atoms with Crippen molar-refractivity contribution in [2.75, 3.05) is 38.6 Å². The van der Waals surface area contributed by atoms with Gasteiger partial charge in [0.15, 0.2) is 0 Å². The van der Waals surface area contributed by atoms with E-state index in [0.717, 1.165) is 0 Å². The SMILES string of the molecule is COc1cccc(C(=O)N2CCC(C(=O)N3CCC4(CC3)CC(=O)Nc3ccccc3O4)CC2)c1. The molecule has 2 saturated heterocycles. The highest BCUT2D eigenvalue weighted by molar-refractivity contribution is 5.95. The zero-order valence-electron chi connectivity index (χ0n) is 20.0. The Morgan fingerprint density at radius 1 is 1.00 bits per heavy atom. The fourth-order valence-corrected chi connectivity index (χ4v) is 5.36. The summed E-state index contributed by atoms with van der Waals surface area (Å²) in [4.78, 5) is 42.4. The summed E-state index contributed by atoms with van der Waals surface area (Å²) in [7, 11) is 1.58. The van der Waals surface area contributed by atoms with E-state index >= 15 is 0 Å². The minimum atomic E-state index is -0.583. The molecule has 5 rings (SSSR count). The molecule has 3 amide bonds. The number of carbonyl (C=O) groups excluding carboxylic acids is 3. The normalized spacial score (nSPS) is 19.9. The first-order chi connectivity index (χ1) is 17.0. The van der Waals surface area contributed by atoms with Crippen LogP contribution in [-0.4, -0.2) is 66.4 Å². The number of likely N-dealkylation sites (tertiary alicyclic amines) is 2. The van der Waals surface area contributed by atoms with Crippen LogP contribution in [0, 0.1) is 5.92 Å². The molecule has 0 radical (unpaired) electrons. The number of fused-ring (bicyclic) bond motifs is 1. The molecule has 3 aliphatic heterocycles. The second-order valence-electron chi connectivity index (χ2n) is 9.63. The number of benzene rings is 2. The van der Waals surface area contributed by atoms with Gasteiger partial charge in [-0.05, 0) is 43.2 Å². The largest absolute Gasteiger partial charge is 0.497 e. The Morgan fingerprint density at radius 3 is 2.49 bits per heavy atom. The number of anilines is 1. The van der Waals surface area contributed by atoms with Crippen molar-refractivity contribution in [2.24, 2.45) is 5.92 Å². The van der Waals surface area contributed by atoms with Crippen LogP contribution in [0.2, 0.25) is 0 Å². The van der Waals surface area contributed by atoms with E-state index in [1.165, 1.54) is 0 Å². The molecular weight excluding hydrogens is 446 g/mol. The van der Waals surface area contributed by atoms with Crippen molar-refractivity contribution in [3.63, 3.8) is 0 Å². The lowest BCUT2D eigenvalue weighted by Gasteiger charge is -2.42. The fraction of sp³-hybridized carbons (Fsp3) is 0.444. The number of para-hydroxylation sites is 2. The minimum Gasteiger partial charge on any atom is -0.497 e. The maximum atomic E-state index is 13.3. The highest BCUT2D eigenvalue weighted by Crippen LogP contribution is 2.38. The van der Waals surface area contributed by atoms with Crippen molar-refractivity contribution in [3.05, 3.63) is 54.1 Å². The first kappa shape index (κ1) is 23.2. The average molecular weight is 478 g/mol. The molecule has 2 aromatic carbocycles. The Labute approximate surface area is 205 Å². The Balaban J connectivity index is 1.16. The van der Waals surface area contributed by atoms with Crippen LogP contribution in [-0.2, 0) is 9.59 Å². The molecule has 1 N–H and O–H groups in total. The maximum absolute atomic E-state index is 13.3. The predicted octanol–water partition coefficient (Wildman–Crippen LogP) is 3.33. The molecule has 0 saturated carbocycles. The number of nitrogens with one attached hydrogen (secondary N) is 1. The van der Waals surface area contributed by atoms with Gasteiger partial charge in [-0.15, -0.1) is 0 Å². The van der Waals surface area contributed by atoms with Crippen molar-refractivity contribution < 1.29 is 23.9 Å². The number of nitrogens with zero attached hydrogens (tertiary/aromatic N) is 2. The second-order valence-corrected chi connectivity index (χ2v) is 9.63. The topological polar surface area (TPSA) is 88.2 Å². The molecule has 35 heavy (non-hydrogen) atoms. The van der Waals surface area contributed by atoms with E-state index in [4.69, 9.17) is 9.47 Å². The molecular formula is C27H31N3O5. The van der Waals surface area contributed by atoms with Gasteiger partial charge in [-0.25, -0.2) is 0 Å². The van der Waals surface area contributed by atoms with E-state index in [1.807, 2.05) is 46.2 Å². The van der Waals surface area contributed by atoms with Gasteiger partial charge in [-0.2, -0.15) is 0 Å². The second kappa shape index (κ2) is 9.60. The lowest BCUT2D eigenvalue weighted by atomic mass is 9.86. The van der Waals surface area contributed by atoms with E-state index in [-0.39, 0.29) is 30.1 Å². The zero-order chi connectivity index (χ0) is 24.4. The molecule has 184 valence electrons. The summed E-state index contributed by atoms with van der Waals surface area (Å²) in [5.41, 5.74) is 0.715. The van der Waals surface area contributed by atoms with Gasteiger partial charge >= 0.3 is 0 Å². The number of hydrogen-bond acceptors (Lipinski definition) is 5. The van der Waals surface area contributed by atoms with E-state index in [1.54, 1.807) is 19.2 Å². The summed E-state index contributed by atoms with van der Waals surface area (Å²) in [5, 5.41) is 2.93. The summed E-state index contributed by atoms with van der Waals surface area (Å²) >= 11 is 0. The van der Waals surface area contributed by atoms with Gasteiger partial charge in [0.1, 0.15) is 17.1 Å².